The zero-order chi connectivity index (χ0) is 20.4. The van der Waals surface area contributed by atoms with Crippen LogP contribution in [-0.4, -0.2) is 23.9 Å². The fourth-order valence-electron chi connectivity index (χ4n) is 4.63. The number of nitrogens with one attached hydrogen (secondary N) is 1. The van der Waals surface area contributed by atoms with E-state index in [9.17, 15) is 14.9 Å². The Bertz CT molecular complexity index is 927. The number of hydrogen-bond donors (Lipinski definition) is 1. The molecule has 4 rings (SSSR count). The Morgan fingerprint density at radius 1 is 1.17 bits per heavy atom. The van der Waals surface area contributed by atoms with E-state index >= 15 is 0 Å². The standard InChI is InChI=1S/C23H27N3O3/c1-16-6-5-13-25(15-16)21-12-11-18(14-22(21)26(28)29)23(27)24-20-10-4-8-17-7-2-3-9-19(17)20/h2-3,7,9,11-12,14,16,20H,4-6,8,10,13,15H2,1H3,(H,24,27)/t16-,20+/m0/s1. The third kappa shape index (κ3) is 4.11. The van der Waals surface area contributed by atoms with E-state index in [-0.39, 0.29) is 22.6 Å². The van der Waals surface area contributed by atoms with Crippen LogP contribution in [0.15, 0.2) is 42.5 Å². The molecule has 0 aromatic heterocycles. The number of aryl methyl sites for hydroxylation is 1. The normalized spacial score (nSPS) is 21.3. The van der Waals surface area contributed by atoms with Crippen molar-refractivity contribution in [1.82, 2.24) is 5.32 Å². The average molecular weight is 393 g/mol. The number of nitro benzene ring substituents is 1. The molecule has 1 amide bonds. The third-order valence-electron chi connectivity index (χ3n) is 6.11. The number of nitrogens with zero attached hydrogens (tertiary/aromatic N) is 2. The van der Waals surface area contributed by atoms with Crippen LogP contribution >= 0.6 is 0 Å². The van der Waals surface area contributed by atoms with Crippen molar-refractivity contribution in [2.24, 2.45) is 5.92 Å². The van der Waals surface area contributed by atoms with Gasteiger partial charge in [0, 0.05) is 24.7 Å². The van der Waals surface area contributed by atoms with E-state index in [2.05, 4.69) is 29.3 Å². The smallest absolute Gasteiger partial charge is 0.293 e. The molecule has 1 aliphatic heterocycles. The second kappa shape index (κ2) is 8.23. The van der Waals surface area contributed by atoms with Gasteiger partial charge in [-0.25, -0.2) is 0 Å². The molecule has 29 heavy (non-hydrogen) atoms. The van der Waals surface area contributed by atoms with Crippen LogP contribution in [0.3, 0.4) is 0 Å². The van der Waals surface area contributed by atoms with E-state index in [1.165, 1.54) is 11.6 Å². The molecule has 0 spiro atoms. The first kappa shape index (κ1) is 19.4. The molecule has 152 valence electrons. The van der Waals surface area contributed by atoms with E-state index in [0.29, 0.717) is 17.2 Å². The van der Waals surface area contributed by atoms with Crippen LogP contribution in [0, 0.1) is 16.0 Å². The molecule has 0 bridgehead atoms. The van der Waals surface area contributed by atoms with E-state index in [4.69, 9.17) is 0 Å². The Labute approximate surface area is 171 Å². The van der Waals surface area contributed by atoms with Crippen LogP contribution in [0.2, 0.25) is 0 Å². The molecular formula is C23H27N3O3. The van der Waals surface area contributed by atoms with Gasteiger partial charge in [-0.3, -0.25) is 14.9 Å². The maximum Gasteiger partial charge on any atom is 0.293 e. The molecule has 1 fully saturated rings. The highest BCUT2D eigenvalue weighted by atomic mass is 16.6. The summed E-state index contributed by atoms with van der Waals surface area (Å²) >= 11 is 0. The molecule has 1 heterocycles. The van der Waals surface area contributed by atoms with E-state index in [0.717, 1.165) is 50.8 Å². The number of benzene rings is 2. The minimum atomic E-state index is -0.374. The van der Waals surface area contributed by atoms with Gasteiger partial charge < -0.3 is 10.2 Å². The van der Waals surface area contributed by atoms with Crippen LogP contribution in [-0.2, 0) is 6.42 Å². The SMILES string of the molecule is C[C@H]1CCCN(c2ccc(C(=O)N[C@@H]3CCCc4ccccc43)cc2[N+](=O)[O-])C1. The molecule has 0 unspecified atom stereocenters. The lowest BCUT2D eigenvalue weighted by atomic mass is 9.87. The summed E-state index contributed by atoms with van der Waals surface area (Å²) in [7, 11) is 0. The lowest BCUT2D eigenvalue weighted by molar-refractivity contribution is -0.384. The van der Waals surface area contributed by atoms with Crippen LogP contribution in [0.25, 0.3) is 0 Å². The Kier molecular flexibility index (Phi) is 5.51. The molecule has 2 aromatic rings. The molecule has 2 aromatic carbocycles. The van der Waals surface area contributed by atoms with E-state index < -0.39 is 0 Å². The topological polar surface area (TPSA) is 75.5 Å². The lowest BCUT2D eigenvalue weighted by Gasteiger charge is -2.32. The van der Waals surface area contributed by atoms with Crippen molar-refractivity contribution >= 4 is 17.3 Å². The van der Waals surface area contributed by atoms with Crippen molar-refractivity contribution in [2.75, 3.05) is 18.0 Å². The monoisotopic (exact) mass is 393 g/mol. The highest BCUT2D eigenvalue weighted by Gasteiger charge is 2.27. The summed E-state index contributed by atoms with van der Waals surface area (Å²) in [5.41, 5.74) is 3.38. The van der Waals surface area contributed by atoms with Gasteiger partial charge in [0.25, 0.3) is 11.6 Å². The van der Waals surface area contributed by atoms with Gasteiger partial charge in [0.2, 0.25) is 0 Å². The summed E-state index contributed by atoms with van der Waals surface area (Å²) in [5, 5.41) is 14.8. The Hall–Kier alpha value is -2.89. The van der Waals surface area contributed by atoms with E-state index in [1.807, 2.05) is 12.1 Å². The van der Waals surface area contributed by atoms with Crippen LogP contribution in [0.5, 0.6) is 0 Å². The molecule has 0 radical (unpaired) electrons. The Morgan fingerprint density at radius 2 is 2.00 bits per heavy atom. The first-order chi connectivity index (χ1) is 14.0. The maximum absolute atomic E-state index is 12.9. The minimum Gasteiger partial charge on any atom is -0.366 e. The number of carbonyl (C=O) groups excluding carboxylic acids is 1. The van der Waals surface area contributed by atoms with Crippen molar-refractivity contribution in [1.29, 1.82) is 0 Å². The summed E-state index contributed by atoms with van der Waals surface area (Å²) in [6.45, 7) is 3.79. The van der Waals surface area contributed by atoms with Gasteiger partial charge >= 0.3 is 0 Å². The van der Waals surface area contributed by atoms with Crippen molar-refractivity contribution in [3.05, 3.63) is 69.3 Å². The molecule has 1 N–H and O–H groups in total. The van der Waals surface area contributed by atoms with Crippen LogP contribution < -0.4 is 10.2 Å². The van der Waals surface area contributed by atoms with Gasteiger partial charge in [0.15, 0.2) is 0 Å². The van der Waals surface area contributed by atoms with Gasteiger partial charge in [-0.05, 0) is 61.3 Å². The van der Waals surface area contributed by atoms with Gasteiger partial charge in [-0.15, -0.1) is 0 Å². The highest BCUT2D eigenvalue weighted by Crippen LogP contribution is 2.33. The summed E-state index contributed by atoms with van der Waals surface area (Å²) in [6, 6.07) is 13.0. The van der Waals surface area contributed by atoms with Crippen molar-refractivity contribution in [3.8, 4) is 0 Å². The van der Waals surface area contributed by atoms with Gasteiger partial charge in [-0.1, -0.05) is 31.2 Å². The van der Waals surface area contributed by atoms with Crippen molar-refractivity contribution in [2.45, 2.75) is 45.1 Å². The summed E-state index contributed by atoms with van der Waals surface area (Å²) in [4.78, 5) is 26.3. The predicted octanol–water partition coefficient (Wildman–Crippen LogP) is 4.64. The number of anilines is 1. The second-order valence-electron chi connectivity index (χ2n) is 8.27. The maximum atomic E-state index is 12.9. The molecular weight excluding hydrogens is 366 g/mol. The largest absolute Gasteiger partial charge is 0.366 e. The molecule has 1 aliphatic carbocycles. The fraction of sp³-hybridized carbons (Fsp3) is 0.435. The number of piperidine rings is 1. The number of rotatable bonds is 4. The lowest BCUT2D eigenvalue weighted by Crippen LogP contribution is -2.35. The molecule has 1 saturated heterocycles. The van der Waals surface area contributed by atoms with Crippen molar-refractivity contribution < 1.29 is 9.72 Å². The number of nitro groups is 1. The second-order valence-corrected chi connectivity index (χ2v) is 8.27. The summed E-state index contributed by atoms with van der Waals surface area (Å²) in [5.74, 6) is 0.256. The quantitative estimate of drug-likeness (QED) is 0.607. The van der Waals surface area contributed by atoms with Gasteiger partial charge in [0.1, 0.15) is 5.69 Å². The van der Waals surface area contributed by atoms with Crippen molar-refractivity contribution in [3.63, 3.8) is 0 Å². The first-order valence-corrected chi connectivity index (χ1v) is 10.4. The van der Waals surface area contributed by atoms with Gasteiger partial charge in [0.05, 0.1) is 11.0 Å². The third-order valence-corrected chi connectivity index (χ3v) is 6.11. The average Bonchev–Trinajstić information content (AvgIpc) is 2.73. The predicted molar refractivity (Wildman–Crippen MR) is 113 cm³/mol. The highest BCUT2D eigenvalue weighted by molar-refractivity contribution is 5.96. The number of amides is 1. The Balaban J connectivity index is 1.57. The number of carbonyl (C=O) groups is 1. The summed E-state index contributed by atoms with van der Waals surface area (Å²) < 4.78 is 0. The zero-order valence-corrected chi connectivity index (χ0v) is 16.8. The molecule has 6 nitrogen and oxygen atoms in total. The van der Waals surface area contributed by atoms with Crippen LogP contribution in [0.4, 0.5) is 11.4 Å². The number of hydrogen-bond acceptors (Lipinski definition) is 4. The first-order valence-electron chi connectivity index (χ1n) is 10.4. The molecule has 2 aliphatic rings. The minimum absolute atomic E-state index is 0.00999. The zero-order valence-electron chi connectivity index (χ0n) is 16.8. The fourth-order valence-corrected chi connectivity index (χ4v) is 4.63. The Morgan fingerprint density at radius 3 is 2.79 bits per heavy atom. The van der Waals surface area contributed by atoms with Crippen LogP contribution in [0.1, 0.15) is 60.1 Å². The van der Waals surface area contributed by atoms with E-state index in [1.54, 1.807) is 12.1 Å². The molecule has 2 atom stereocenters. The number of fused-ring (bicyclic) bond motifs is 1. The van der Waals surface area contributed by atoms with Gasteiger partial charge in [-0.2, -0.15) is 0 Å². The molecule has 6 heteroatoms. The summed E-state index contributed by atoms with van der Waals surface area (Å²) in [6.07, 6.45) is 5.11. The molecule has 0 saturated carbocycles.